The Morgan fingerprint density at radius 2 is 1.89 bits per heavy atom. The molecule has 0 spiro atoms. The van der Waals surface area contributed by atoms with Crippen LogP contribution in [0.5, 0.6) is 0 Å². The van der Waals surface area contributed by atoms with Crippen LogP contribution in [0.4, 0.5) is 10.5 Å². The van der Waals surface area contributed by atoms with E-state index in [1.807, 2.05) is 30.3 Å². The molecule has 1 aliphatic carbocycles. The second kappa shape index (κ2) is 5.01. The van der Waals surface area contributed by atoms with Crippen LogP contribution in [0.2, 0.25) is 0 Å². The first-order valence-electron chi connectivity index (χ1n) is 6.62. The highest BCUT2D eigenvalue weighted by Crippen LogP contribution is 2.42. The smallest absolute Gasteiger partial charge is 0.319 e. The number of urea groups is 1. The standard InChI is InChI=1S/C15H22N2O/c1-11-9-10-13(15(11,2)3)17-14(18)16-12-7-5-4-6-8-12/h4-8,11,13H,9-10H2,1-3H3,(H2,16,17,18)/t11?,13-/m0/s1. The number of carbonyl (C=O) groups excluding carboxylic acids is 1. The Morgan fingerprint density at radius 3 is 2.44 bits per heavy atom. The van der Waals surface area contributed by atoms with Gasteiger partial charge in [0.15, 0.2) is 0 Å². The molecule has 3 nitrogen and oxygen atoms in total. The first kappa shape index (κ1) is 12.9. The fourth-order valence-electron chi connectivity index (χ4n) is 2.61. The molecule has 0 radical (unpaired) electrons. The first-order valence-corrected chi connectivity index (χ1v) is 6.62. The van der Waals surface area contributed by atoms with Gasteiger partial charge in [0.05, 0.1) is 0 Å². The second-order valence-corrected chi connectivity index (χ2v) is 5.82. The molecule has 1 fully saturated rings. The van der Waals surface area contributed by atoms with Gasteiger partial charge in [-0.2, -0.15) is 0 Å². The van der Waals surface area contributed by atoms with Gasteiger partial charge in [-0.05, 0) is 36.3 Å². The highest BCUT2D eigenvalue weighted by atomic mass is 16.2. The van der Waals surface area contributed by atoms with Gasteiger partial charge in [-0.15, -0.1) is 0 Å². The summed E-state index contributed by atoms with van der Waals surface area (Å²) in [6, 6.07) is 9.70. The number of carbonyl (C=O) groups is 1. The molecule has 0 aromatic heterocycles. The van der Waals surface area contributed by atoms with E-state index in [4.69, 9.17) is 0 Å². The van der Waals surface area contributed by atoms with E-state index in [-0.39, 0.29) is 17.5 Å². The molecular formula is C15H22N2O. The van der Waals surface area contributed by atoms with Gasteiger partial charge in [0.2, 0.25) is 0 Å². The number of nitrogens with one attached hydrogen (secondary N) is 2. The Balaban J connectivity index is 1.93. The van der Waals surface area contributed by atoms with Crippen LogP contribution < -0.4 is 10.6 Å². The molecule has 1 aliphatic rings. The third-order valence-corrected chi connectivity index (χ3v) is 4.39. The summed E-state index contributed by atoms with van der Waals surface area (Å²) in [5.41, 5.74) is 1.01. The molecule has 18 heavy (non-hydrogen) atoms. The third kappa shape index (κ3) is 2.66. The Labute approximate surface area is 109 Å². The number of hydrogen-bond donors (Lipinski definition) is 2. The summed E-state index contributed by atoms with van der Waals surface area (Å²) in [4.78, 5) is 11.9. The summed E-state index contributed by atoms with van der Waals surface area (Å²) in [7, 11) is 0. The highest BCUT2D eigenvalue weighted by molar-refractivity contribution is 5.89. The molecule has 0 bridgehead atoms. The predicted octanol–water partition coefficient (Wildman–Crippen LogP) is 3.63. The van der Waals surface area contributed by atoms with Gasteiger partial charge in [-0.3, -0.25) is 0 Å². The van der Waals surface area contributed by atoms with Crippen molar-refractivity contribution in [1.82, 2.24) is 5.32 Å². The molecule has 0 aliphatic heterocycles. The molecule has 1 saturated carbocycles. The topological polar surface area (TPSA) is 41.1 Å². The van der Waals surface area contributed by atoms with Crippen molar-refractivity contribution >= 4 is 11.7 Å². The molecule has 3 heteroatoms. The lowest BCUT2D eigenvalue weighted by Crippen LogP contribution is -2.45. The quantitative estimate of drug-likeness (QED) is 0.822. The van der Waals surface area contributed by atoms with Crippen LogP contribution in [0.25, 0.3) is 0 Å². The molecule has 2 N–H and O–H groups in total. The van der Waals surface area contributed by atoms with Crippen LogP contribution in [0, 0.1) is 11.3 Å². The van der Waals surface area contributed by atoms with Crippen molar-refractivity contribution in [1.29, 1.82) is 0 Å². The van der Waals surface area contributed by atoms with Crippen LogP contribution in [0.3, 0.4) is 0 Å². The lowest BCUT2D eigenvalue weighted by atomic mass is 9.80. The molecule has 2 amide bonds. The molecule has 1 aromatic rings. The van der Waals surface area contributed by atoms with Gasteiger partial charge in [0.1, 0.15) is 0 Å². The van der Waals surface area contributed by atoms with E-state index in [1.165, 1.54) is 6.42 Å². The number of rotatable bonds is 2. The maximum Gasteiger partial charge on any atom is 0.319 e. The molecule has 2 rings (SSSR count). The third-order valence-electron chi connectivity index (χ3n) is 4.39. The molecule has 1 unspecified atom stereocenters. The van der Waals surface area contributed by atoms with E-state index in [9.17, 15) is 4.79 Å². The van der Waals surface area contributed by atoms with Gasteiger partial charge >= 0.3 is 6.03 Å². The van der Waals surface area contributed by atoms with Crippen LogP contribution in [-0.4, -0.2) is 12.1 Å². The van der Waals surface area contributed by atoms with E-state index in [0.29, 0.717) is 5.92 Å². The van der Waals surface area contributed by atoms with Crippen molar-refractivity contribution in [3.63, 3.8) is 0 Å². The SMILES string of the molecule is CC1CC[C@H](NC(=O)Nc2ccccc2)C1(C)C. The second-order valence-electron chi connectivity index (χ2n) is 5.82. The molecule has 98 valence electrons. The van der Waals surface area contributed by atoms with Gasteiger partial charge in [-0.1, -0.05) is 39.0 Å². The summed E-state index contributed by atoms with van der Waals surface area (Å²) >= 11 is 0. The number of amides is 2. The zero-order valence-electron chi connectivity index (χ0n) is 11.4. The predicted molar refractivity (Wildman–Crippen MR) is 74.6 cm³/mol. The zero-order valence-corrected chi connectivity index (χ0v) is 11.4. The van der Waals surface area contributed by atoms with Crippen LogP contribution in [0.1, 0.15) is 33.6 Å². The monoisotopic (exact) mass is 246 g/mol. The summed E-state index contributed by atoms with van der Waals surface area (Å²) in [6.07, 6.45) is 2.25. The average molecular weight is 246 g/mol. The minimum Gasteiger partial charge on any atom is -0.335 e. The number of anilines is 1. The molecule has 2 atom stereocenters. The molecule has 0 heterocycles. The Bertz CT molecular complexity index is 414. The summed E-state index contributed by atoms with van der Waals surface area (Å²) < 4.78 is 0. The summed E-state index contributed by atoms with van der Waals surface area (Å²) in [6.45, 7) is 6.73. The lowest BCUT2D eigenvalue weighted by molar-refractivity contribution is 0.210. The zero-order chi connectivity index (χ0) is 13.2. The van der Waals surface area contributed by atoms with E-state index in [2.05, 4.69) is 31.4 Å². The largest absolute Gasteiger partial charge is 0.335 e. The maximum atomic E-state index is 11.9. The van der Waals surface area contributed by atoms with Crippen molar-refractivity contribution in [2.24, 2.45) is 11.3 Å². The first-order chi connectivity index (χ1) is 8.50. The highest BCUT2D eigenvalue weighted by Gasteiger charge is 2.41. The van der Waals surface area contributed by atoms with Crippen LogP contribution in [0.15, 0.2) is 30.3 Å². The average Bonchev–Trinajstić information content (AvgIpc) is 2.57. The number of hydrogen-bond acceptors (Lipinski definition) is 1. The van der Waals surface area contributed by atoms with E-state index in [1.54, 1.807) is 0 Å². The Hall–Kier alpha value is -1.51. The minimum absolute atomic E-state index is 0.103. The van der Waals surface area contributed by atoms with Crippen molar-refractivity contribution in [3.05, 3.63) is 30.3 Å². The van der Waals surface area contributed by atoms with Gasteiger partial charge in [0.25, 0.3) is 0 Å². The van der Waals surface area contributed by atoms with Crippen molar-refractivity contribution in [3.8, 4) is 0 Å². The fourth-order valence-corrected chi connectivity index (χ4v) is 2.61. The Morgan fingerprint density at radius 1 is 1.22 bits per heavy atom. The van der Waals surface area contributed by atoms with E-state index < -0.39 is 0 Å². The summed E-state index contributed by atoms with van der Waals surface area (Å²) in [5, 5.41) is 5.97. The maximum absolute atomic E-state index is 11.9. The van der Waals surface area contributed by atoms with Crippen molar-refractivity contribution in [2.75, 3.05) is 5.32 Å². The van der Waals surface area contributed by atoms with Crippen LogP contribution >= 0.6 is 0 Å². The lowest BCUT2D eigenvalue weighted by Gasteiger charge is -2.31. The summed E-state index contributed by atoms with van der Waals surface area (Å²) in [5.74, 6) is 0.652. The minimum atomic E-state index is -0.103. The van der Waals surface area contributed by atoms with E-state index in [0.717, 1.165) is 12.1 Å². The molecule has 1 aromatic carbocycles. The van der Waals surface area contributed by atoms with Crippen LogP contribution in [-0.2, 0) is 0 Å². The number of benzene rings is 1. The van der Waals surface area contributed by atoms with Crippen molar-refractivity contribution < 1.29 is 4.79 Å². The normalized spacial score (nSPS) is 25.7. The van der Waals surface area contributed by atoms with Crippen molar-refractivity contribution in [2.45, 2.75) is 39.7 Å². The molecule has 0 saturated heterocycles. The van der Waals surface area contributed by atoms with Gasteiger partial charge in [0, 0.05) is 11.7 Å². The number of para-hydroxylation sites is 1. The van der Waals surface area contributed by atoms with E-state index >= 15 is 0 Å². The van der Waals surface area contributed by atoms with Gasteiger partial charge in [-0.25, -0.2) is 4.79 Å². The molecular weight excluding hydrogens is 224 g/mol. The Kier molecular flexibility index (Phi) is 3.60. The van der Waals surface area contributed by atoms with Gasteiger partial charge < -0.3 is 10.6 Å². The fraction of sp³-hybridized carbons (Fsp3) is 0.533.